The van der Waals surface area contributed by atoms with Gasteiger partial charge in [-0.05, 0) is 19.1 Å². The van der Waals surface area contributed by atoms with Gasteiger partial charge in [-0.15, -0.1) is 0 Å². The zero-order valence-electron chi connectivity index (χ0n) is 11.7. The lowest BCUT2D eigenvalue weighted by molar-refractivity contribution is -0.143. The lowest BCUT2D eigenvalue weighted by Crippen LogP contribution is -2.17. The van der Waals surface area contributed by atoms with Crippen molar-refractivity contribution < 1.29 is 19.0 Å². The number of benzene rings is 1. The number of rotatable bonds is 4. The van der Waals surface area contributed by atoms with Gasteiger partial charge in [0.1, 0.15) is 6.04 Å². The highest BCUT2D eigenvalue weighted by Crippen LogP contribution is 2.33. The van der Waals surface area contributed by atoms with Crippen LogP contribution in [0.1, 0.15) is 13.0 Å². The number of nitrogens with one attached hydrogen (secondary N) is 1. The van der Waals surface area contributed by atoms with Gasteiger partial charge in [0.25, 0.3) is 0 Å². The molecule has 0 saturated heterocycles. The Bertz CT molecular complexity index is 704. The summed E-state index contributed by atoms with van der Waals surface area (Å²) in [4.78, 5) is 14.8. The number of aromatic nitrogens is 2. The third-order valence-corrected chi connectivity index (χ3v) is 3.45. The van der Waals surface area contributed by atoms with E-state index in [2.05, 4.69) is 4.98 Å². The van der Waals surface area contributed by atoms with Crippen LogP contribution in [0, 0.1) is 4.77 Å². The first-order chi connectivity index (χ1) is 9.53. The summed E-state index contributed by atoms with van der Waals surface area (Å²) < 4.78 is 17.4. The summed E-state index contributed by atoms with van der Waals surface area (Å²) in [5.74, 6) is 0.797. The number of carbonyl (C=O) groups excluding carboxylic acids is 1. The molecule has 0 aliphatic heterocycles. The molecule has 1 atom stereocenters. The van der Waals surface area contributed by atoms with E-state index in [4.69, 9.17) is 26.4 Å². The number of fused-ring (bicyclic) bond motifs is 1. The molecule has 1 heterocycles. The van der Waals surface area contributed by atoms with E-state index in [9.17, 15) is 4.79 Å². The SMILES string of the molecule is COC(=O)C(C)n1c(=S)[nH]c2cc(OC)c(OC)cc21. The van der Waals surface area contributed by atoms with Gasteiger partial charge in [-0.3, -0.25) is 0 Å². The quantitative estimate of drug-likeness (QED) is 0.693. The largest absolute Gasteiger partial charge is 0.493 e. The van der Waals surface area contributed by atoms with Gasteiger partial charge in [-0.2, -0.15) is 0 Å². The summed E-state index contributed by atoms with van der Waals surface area (Å²) in [6.07, 6.45) is 0. The normalized spacial score (nSPS) is 12.2. The lowest BCUT2D eigenvalue weighted by atomic mass is 10.2. The van der Waals surface area contributed by atoms with Crippen LogP contribution >= 0.6 is 12.2 Å². The van der Waals surface area contributed by atoms with E-state index in [0.717, 1.165) is 11.0 Å². The second-order valence-electron chi connectivity index (χ2n) is 4.22. The van der Waals surface area contributed by atoms with E-state index in [1.54, 1.807) is 37.8 Å². The number of methoxy groups -OCH3 is 3. The fourth-order valence-corrected chi connectivity index (χ4v) is 2.48. The van der Waals surface area contributed by atoms with Crippen LogP contribution < -0.4 is 9.47 Å². The average molecular weight is 296 g/mol. The zero-order chi connectivity index (χ0) is 14.9. The van der Waals surface area contributed by atoms with Crippen molar-refractivity contribution in [1.29, 1.82) is 0 Å². The number of hydrogen-bond acceptors (Lipinski definition) is 5. The Morgan fingerprint density at radius 3 is 2.40 bits per heavy atom. The molecule has 2 rings (SSSR count). The van der Waals surface area contributed by atoms with Crippen LogP contribution in [-0.4, -0.2) is 36.8 Å². The van der Waals surface area contributed by atoms with Crippen molar-refractivity contribution in [2.75, 3.05) is 21.3 Å². The van der Waals surface area contributed by atoms with Gasteiger partial charge >= 0.3 is 5.97 Å². The van der Waals surface area contributed by atoms with Gasteiger partial charge in [-0.1, -0.05) is 0 Å². The fraction of sp³-hybridized carbons (Fsp3) is 0.385. The Labute approximate surface area is 121 Å². The average Bonchev–Trinajstić information content (AvgIpc) is 2.78. The van der Waals surface area contributed by atoms with Gasteiger partial charge in [0, 0.05) is 12.1 Å². The number of aromatic amines is 1. The summed E-state index contributed by atoms with van der Waals surface area (Å²) in [5.41, 5.74) is 1.52. The van der Waals surface area contributed by atoms with E-state index in [1.165, 1.54) is 7.11 Å². The third-order valence-electron chi connectivity index (χ3n) is 3.15. The summed E-state index contributed by atoms with van der Waals surface area (Å²) in [6.45, 7) is 1.73. The minimum absolute atomic E-state index is 0.364. The Morgan fingerprint density at radius 1 is 1.25 bits per heavy atom. The number of hydrogen-bond donors (Lipinski definition) is 1. The van der Waals surface area contributed by atoms with Crippen molar-refractivity contribution in [2.45, 2.75) is 13.0 Å². The Morgan fingerprint density at radius 2 is 1.85 bits per heavy atom. The monoisotopic (exact) mass is 296 g/mol. The lowest BCUT2D eigenvalue weighted by Gasteiger charge is -2.13. The third kappa shape index (κ3) is 2.24. The molecule has 0 radical (unpaired) electrons. The summed E-state index contributed by atoms with van der Waals surface area (Å²) in [7, 11) is 4.46. The van der Waals surface area contributed by atoms with Gasteiger partial charge in [0.15, 0.2) is 16.3 Å². The van der Waals surface area contributed by atoms with Crippen LogP contribution in [0.15, 0.2) is 12.1 Å². The topological polar surface area (TPSA) is 65.5 Å². The van der Waals surface area contributed by atoms with Crippen molar-refractivity contribution in [3.05, 3.63) is 16.9 Å². The highest BCUT2D eigenvalue weighted by atomic mass is 32.1. The molecular formula is C13H16N2O4S. The summed E-state index contributed by atoms with van der Waals surface area (Å²) in [6, 6.07) is 3.03. The second-order valence-corrected chi connectivity index (χ2v) is 4.61. The number of carbonyl (C=O) groups is 1. The molecule has 1 N–H and O–H groups in total. The van der Waals surface area contributed by atoms with Crippen molar-refractivity contribution in [2.24, 2.45) is 0 Å². The number of H-pyrrole nitrogens is 1. The number of ether oxygens (including phenoxy) is 3. The maximum absolute atomic E-state index is 11.7. The maximum Gasteiger partial charge on any atom is 0.328 e. The van der Waals surface area contributed by atoms with Gasteiger partial charge in [0.2, 0.25) is 0 Å². The predicted molar refractivity (Wildman–Crippen MR) is 77.0 cm³/mol. The molecule has 0 bridgehead atoms. The molecule has 0 fully saturated rings. The first kappa shape index (κ1) is 14.4. The number of nitrogens with zero attached hydrogens (tertiary/aromatic N) is 1. The molecule has 0 amide bonds. The van der Waals surface area contributed by atoms with Crippen molar-refractivity contribution in [3.63, 3.8) is 0 Å². The minimum atomic E-state index is -0.528. The molecule has 1 unspecified atom stereocenters. The Balaban J connectivity index is 2.70. The molecule has 2 aromatic rings. The summed E-state index contributed by atoms with van der Waals surface area (Å²) >= 11 is 5.27. The van der Waals surface area contributed by atoms with Crippen LogP contribution in [0.3, 0.4) is 0 Å². The second kappa shape index (κ2) is 5.54. The van der Waals surface area contributed by atoms with Gasteiger partial charge in [-0.25, -0.2) is 4.79 Å². The molecule has 0 spiro atoms. The molecule has 108 valence electrons. The molecule has 0 saturated carbocycles. The van der Waals surface area contributed by atoms with E-state index in [1.807, 2.05) is 0 Å². The van der Waals surface area contributed by atoms with Gasteiger partial charge < -0.3 is 23.8 Å². The first-order valence-electron chi connectivity index (χ1n) is 5.97. The smallest absolute Gasteiger partial charge is 0.328 e. The molecule has 0 aliphatic rings. The van der Waals surface area contributed by atoms with Crippen molar-refractivity contribution in [3.8, 4) is 11.5 Å². The molecular weight excluding hydrogens is 280 g/mol. The van der Waals surface area contributed by atoms with Crippen molar-refractivity contribution in [1.82, 2.24) is 9.55 Å². The van der Waals surface area contributed by atoms with Crippen LogP contribution in [0.25, 0.3) is 11.0 Å². The Hall–Kier alpha value is -2.02. The predicted octanol–water partition coefficient (Wildman–Crippen LogP) is 2.45. The van der Waals surface area contributed by atoms with Crippen LogP contribution in [-0.2, 0) is 9.53 Å². The summed E-state index contributed by atoms with van der Waals surface area (Å²) in [5, 5.41) is 0. The van der Waals surface area contributed by atoms with E-state index in [-0.39, 0.29) is 5.97 Å². The highest BCUT2D eigenvalue weighted by Gasteiger charge is 2.20. The molecule has 1 aromatic carbocycles. The van der Waals surface area contributed by atoms with Gasteiger partial charge in [0.05, 0.1) is 32.4 Å². The van der Waals surface area contributed by atoms with E-state index >= 15 is 0 Å². The number of imidazole rings is 1. The number of esters is 1. The molecule has 20 heavy (non-hydrogen) atoms. The first-order valence-corrected chi connectivity index (χ1v) is 6.38. The molecule has 0 aliphatic carbocycles. The standard InChI is InChI=1S/C13H16N2O4S/c1-7(12(16)19-4)15-9-6-11(18-3)10(17-2)5-8(9)14-13(15)20/h5-7H,1-4H3,(H,14,20). The zero-order valence-corrected chi connectivity index (χ0v) is 12.5. The molecule has 7 heteroatoms. The Kier molecular flexibility index (Phi) is 3.99. The van der Waals surface area contributed by atoms with Crippen LogP contribution in [0.5, 0.6) is 11.5 Å². The fourth-order valence-electron chi connectivity index (χ4n) is 2.11. The maximum atomic E-state index is 11.7. The van der Waals surface area contributed by atoms with Crippen LogP contribution in [0.4, 0.5) is 0 Å². The highest BCUT2D eigenvalue weighted by molar-refractivity contribution is 7.71. The minimum Gasteiger partial charge on any atom is -0.493 e. The van der Waals surface area contributed by atoms with E-state index < -0.39 is 6.04 Å². The van der Waals surface area contributed by atoms with Crippen molar-refractivity contribution >= 4 is 29.2 Å². The van der Waals surface area contributed by atoms with Crippen LogP contribution in [0.2, 0.25) is 0 Å². The molecule has 6 nitrogen and oxygen atoms in total. The molecule has 1 aromatic heterocycles. The van der Waals surface area contributed by atoms with E-state index in [0.29, 0.717) is 16.3 Å².